The van der Waals surface area contributed by atoms with Gasteiger partial charge in [0, 0.05) is 24.2 Å². The Kier molecular flexibility index (Phi) is 6.48. The van der Waals surface area contributed by atoms with Gasteiger partial charge >= 0.3 is 0 Å². The molecule has 2 fully saturated rings. The highest BCUT2D eigenvalue weighted by Gasteiger charge is 2.37. The van der Waals surface area contributed by atoms with E-state index in [1.54, 1.807) is 12.3 Å². The number of aromatic nitrogens is 1. The van der Waals surface area contributed by atoms with Gasteiger partial charge in [-0.05, 0) is 80.3 Å². The van der Waals surface area contributed by atoms with Crippen LogP contribution in [0.4, 0.5) is 4.39 Å². The number of benzene rings is 1. The van der Waals surface area contributed by atoms with Crippen molar-refractivity contribution in [1.29, 1.82) is 10.5 Å². The maximum absolute atomic E-state index is 13.9. The fourth-order valence-electron chi connectivity index (χ4n) is 4.81. The third-order valence-electron chi connectivity index (χ3n) is 6.58. The number of halogens is 1. The van der Waals surface area contributed by atoms with Gasteiger partial charge < -0.3 is 0 Å². The Balaban J connectivity index is 1.39. The second kappa shape index (κ2) is 9.46. The van der Waals surface area contributed by atoms with Crippen LogP contribution in [0.25, 0.3) is 0 Å². The highest BCUT2D eigenvalue weighted by atomic mass is 19.1. The minimum absolute atomic E-state index is 0.0574. The zero-order valence-electron chi connectivity index (χ0n) is 18.1. The van der Waals surface area contributed by atoms with Crippen LogP contribution >= 0.6 is 0 Å². The van der Waals surface area contributed by atoms with E-state index < -0.39 is 5.82 Å². The number of aryl methyl sites for hydroxylation is 1. The first-order valence-electron chi connectivity index (χ1n) is 11.0. The number of hydrogen-bond acceptors (Lipinski definition) is 5. The van der Waals surface area contributed by atoms with Crippen LogP contribution < -0.4 is 0 Å². The number of hydrogen-bond donors (Lipinski definition) is 0. The predicted molar refractivity (Wildman–Crippen MR) is 114 cm³/mol. The SMILES string of the molecule is Cc1ncc(C#N)cc1C[C@H]1CC[C@H](C(=O)N2OCC[C@H]2c2cc(F)cc(C#N)c2)CC1. The standard InChI is InChI=1S/C25H25FN4O2/c1-16-21(10-19(14-28)15-29-16)8-17-2-4-20(5-3-17)25(31)30-24(6-7-32-30)22-9-18(13-27)11-23(26)12-22/h9-12,15,17,20,24H,2-8H2,1H3/t17-,20-,24-/m0/s1. The number of carbonyl (C=O) groups excluding carboxylic acids is 1. The fourth-order valence-corrected chi connectivity index (χ4v) is 4.81. The summed E-state index contributed by atoms with van der Waals surface area (Å²) in [5.41, 5.74) is 3.46. The van der Waals surface area contributed by atoms with Gasteiger partial charge in [-0.15, -0.1) is 0 Å². The minimum atomic E-state index is -0.482. The summed E-state index contributed by atoms with van der Waals surface area (Å²) in [4.78, 5) is 23.2. The van der Waals surface area contributed by atoms with Gasteiger partial charge in [-0.3, -0.25) is 14.6 Å². The van der Waals surface area contributed by atoms with Crippen molar-refractivity contribution >= 4 is 5.91 Å². The van der Waals surface area contributed by atoms with Gasteiger partial charge in [0.05, 0.1) is 29.8 Å². The van der Waals surface area contributed by atoms with Crippen LogP contribution in [0.2, 0.25) is 0 Å². The van der Waals surface area contributed by atoms with Crippen molar-refractivity contribution in [2.24, 2.45) is 11.8 Å². The smallest absolute Gasteiger partial charge is 0.249 e. The number of nitriles is 2. The molecule has 1 saturated carbocycles. The molecule has 1 saturated heterocycles. The molecule has 2 aromatic rings. The Morgan fingerprint density at radius 1 is 1.12 bits per heavy atom. The number of carbonyl (C=O) groups is 1. The first-order chi connectivity index (χ1) is 15.5. The minimum Gasteiger partial charge on any atom is -0.272 e. The van der Waals surface area contributed by atoms with Gasteiger partial charge in [0.25, 0.3) is 0 Å². The summed E-state index contributed by atoms with van der Waals surface area (Å²) in [5, 5.41) is 19.7. The topological polar surface area (TPSA) is 90.0 Å². The molecule has 6 nitrogen and oxygen atoms in total. The third-order valence-corrected chi connectivity index (χ3v) is 6.58. The lowest BCUT2D eigenvalue weighted by Gasteiger charge is -2.32. The van der Waals surface area contributed by atoms with Gasteiger partial charge in [-0.25, -0.2) is 9.45 Å². The van der Waals surface area contributed by atoms with Crippen LogP contribution in [0.1, 0.15) is 66.1 Å². The molecule has 0 radical (unpaired) electrons. The van der Waals surface area contributed by atoms with Crippen molar-refractivity contribution in [2.45, 2.75) is 51.5 Å². The molecule has 4 rings (SSSR count). The molecule has 0 unspecified atom stereocenters. The molecule has 2 aliphatic rings. The summed E-state index contributed by atoms with van der Waals surface area (Å²) in [6, 6.07) is 9.86. The molecule has 2 heterocycles. The van der Waals surface area contributed by atoms with E-state index in [0.29, 0.717) is 30.1 Å². The van der Waals surface area contributed by atoms with Crippen molar-refractivity contribution < 1.29 is 14.0 Å². The molecule has 1 aromatic heterocycles. The van der Waals surface area contributed by atoms with Gasteiger partial charge in [-0.1, -0.05) is 0 Å². The van der Waals surface area contributed by atoms with Crippen molar-refractivity contribution in [3.63, 3.8) is 0 Å². The van der Waals surface area contributed by atoms with E-state index in [-0.39, 0.29) is 23.4 Å². The molecule has 0 bridgehead atoms. The van der Waals surface area contributed by atoms with E-state index in [0.717, 1.165) is 43.4 Å². The van der Waals surface area contributed by atoms with E-state index in [4.69, 9.17) is 15.4 Å². The quantitative estimate of drug-likeness (QED) is 0.708. The third kappa shape index (κ3) is 4.64. The number of nitrogens with zero attached hydrogens (tertiary/aromatic N) is 4. The second-order valence-electron chi connectivity index (χ2n) is 8.69. The van der Waals surface area contributed by atoms with Crippen molar-refractivity contribution in [1.82, 2.24) is 10.0 Å². The first-order valence-corrected chi connectivity index (χ1v) is 11.0. The molecule has 1 aliphatic heterocycles. The highest BCUT2D eigenvalue weighted by Crippen LogP contribution is 2.37. The van der Waals surface area contributed by atoms with E-state index in [9.17, 15) is 9.18 Å². The molecule has 1 atom stereocenters. The molecule has 1 aliphatic carbocycles. The summed E-state index contributed by atoms with van der Waals surface area (Å²) in [5.74, 6) is -0.215. The van der Waals surface area contributed by atoms with Crippen LogP contribution in [0, 0.1) is 47.2 Å². The van der Waals surface area contributed by atoms with Gasteiger partial charge in [0.1, 0.15) is 11.9 Å². The maximum atomic E-state index is 13.9. The molecule has 7 heteroatoms. The number of amides is 1. The van der Waals surface area contributed by atoms with Gasteiger partial charge in [0.2, 0.25) is 5.91 Å². The van der Waals surface area contributed by atoms with Crippen LogP contribution in [-0.4, -0.2) is 22.6 Å². The Bertz CT molecular complexity index is 1100. The molecule has 32 heavy (non-hydrogen) atoms. The van der Waals surface area contributed by atoms with Crippen LogP contribution in [-0.2, 0) is 16.1 Å². The Hall–Kier alpha value is -3.29. The lowest BCUT2D eigenvalue weighted by Crippen LogP contribution is -2.36. The first kappa shape index (κ1) is 21.9. The lowest BCUT2D eigenvalue weighted by molar-refractivity contribution is -0.183. The van der Waals surface area contributed by atoms with Crippen molar-refractivity contribution in [2.75, 3.05) is 6.61 Å². The fraction of sp³-hybridized carbons (Fsp3) is 0.440. The predicted octanol–water partition coefficient (Wildman–Crippen LogP) is 4.53. The lowest BCUT2D eigenvalue weighted by atomic mass is 9.78. The van der Waals surface area contributed by atoms with Crippen molar-refractivity contribution in [3.8, 4) is 12.1 Å². The number of hydroxylamine groups is 2. The van der Waals surface area contributed by atoms with Crippen LogP contribution in [0.5, 0.6) is 0 Å². The monoisotopic (exact) mass is 432 g/mol. The summed E-state index contributed by atoms with van der Waals surface area (Å²) in [6.45, 7) is 2.35. The molecule has 0 spiro atoms. The summed E-state index contributed by atoms with van der Waals surface area (Å²) < 4.78 is 13.9. The second-order valence-corrected chi connectivity index (χ2v) is 8.69. The molecule has 1 aromatic carbocycles. The summed E-state index contributed by atoms with van der Waals surface area (Å²) >= 11 is 0. The van der Waals surface area contributed by atoms with Gasteiger partial charge in [-0.2, -0.15) is 10.5 Å². The van der Waals surface area contributed by atoms with E-state index >= 15 is 0 Å². The Labute approximate surface area is 187 Å². The average molecular weight is 432 g/mol. The molecule has 164 valence electrons. The van der Waals surface area contributed by atoms with E-state index in [1.807, 2.05) is 19.1 Å². The summed E-state index contributed by atoms with van der Waals surface area (Å²) in [7, 11) is 0. The molecule has 1 amide bonds. The van der Waals surface area contributed by atoms with E-state index in [2.05, 4.69) is 11.1 Å². The van der Waals surface area contributed by atoms with E-state index in [1.165, 1.54) is 17.2 Å². The maximum Gasteiger partial charge on any atom is 0.249 e. The molecule has 0 N–H and O–H groups in total. The zero-order valence-corrected chi connectivity index (χ0v) is 18.1. The normalized spacial score (nSPS) is 22.9. The van der Waals surface area contributed by atoms with Crippen LogP contribution in [0.15, 0.2) is 30.5 Å². The Morgan fingerprint density at radius 2 is 1.88 bits per heavy atom. The van der Waals surface area contributed by atoms with Crippen LogP contribution in [0.3, 0.4) is 0 Å². The largest absolute Gasteiger partial charge is 0.272 e. The highest BCUT2D eigenvalue weighted by molar-refractivity contribution is 5.78. The van der Waals surface area contributed by atoms with Crippen molar-refractivity contribution in [3.05, 3.63) is 64.2 Å². The molecular weight excluding hydrogens is 407 g/mol. The summed E-state index contributed by atoms with van der Waals surface area (Å²) in [6.07, 6.45) is 6.42. The molecular formula is C25H25FN4O2. The number of pyridine rings is 1. The zero-order chi connectivity index (χ0) is 22.7. The Morgan fingerprint density at radius 3 is 2.59 bits per heavy atom. The van der Waals surface area contributed by atoms with Gasteiger partial charge in [0.15, 0.2) is 0 Å². The number of rotatable bonds is 4. The average Bonchev–Trinajstić information content (AvgIpc) is 3.30.